The Kier molecular flexibility index (Phi) is 4.40. The van der Waals surface area contributed by atoms with Crippen molar-refractivity contribution in [1.29, 1.82) is 0 Å². The Labute approximate surface area is 103 Å². The molecule has 0 aliphatic heterocycles. The molecule has 3 nitrogen and oxygen atoms in total. The van der Waals surface area contributed by atoms with E-state index in [4.69, 9.17) is 10.6 Å². The second-order valence-corrected chi connectivity index (χ2v) is 4.88. The fourth-order valence-corrected chi connectivity index (χ4v) is 2.74. The number of methoxy groups -OCH3 is 1. The number of rotatable bonds is 5. The lowest BCUT2D eigenvalue weighted by Crippen LogP contribution is -2.29. The number of hydrogen-bond donors (Lipinski definition) is 2. The highest BCUT2D eigenvalue weighted by molar-refractivity contribution is 5.30. The van der Waals surface area contributed by atoms with E-state index in [0.717, 1.165) is 18.1 Å². The van der Waals surface area contributed by atoms with Gasteiger partial charge in [-0.05, 0) is 30.0 Å². The first-order chi connectivity index (χ1) is 8.33. The third-order valence-electron chi connectivity index (χ3n) is 3.74. The summed E-state index contributed by atoms with van der Waals surface area (Å²) in [7, 11) is 1.70. The molecule has 2 rings (SSSR count). The molecule has 3 heteroatoms. The minimum atomic E-state index is 0.244. The van der Waals surface area contributed by atoms with Gasteiger partial charge in [0.05, 0.1) is 7.11 Å². The van der Waals surface area contributed by atoms with Crippen LogP contribution < -0.4 is 16.0 Å². The molecule has 1 atom stereocenters. The fourth-order valence-electron chi connectivity index (χ4n) is 2.74. The van der Waals surface area contributed by atoms with Crippen LogP contribution in [0.3, 0.4) is 0 Å². The molecular weight excluding hydrogens is 212 g/mol. The van der Waals surface area contributed by atoms with E-state index in [1.165, 1.54) is 31.2 Å². The number of benzene rings is 1. The van der Waals surface area contributed by atoms with E-state index in [2.05, 4.69) is 17.6 Å². The highest BCUT2D eigenvalue weighted by atomic mass is 16.5. The summed E-state index contributed by atoms with van der Waals surface area (Å²) in [5.74, 6) is 7.40. The SMILES string of the molecule is COc1cccc(C(CC2CCCC2)NN)c1. The zero-order chi connectivity index (χ0) is 12.1. The van der Waals surface area contributed by atoms with Crippen LogP contribution in [0.4, 0.5) is 0 Å². The first-order valence-electron chi connectivity index (χ1n) is 6.43. The van der Waals surface area contributed by atoms with Crippen LogP contribution in [0.25, 0.3) is 0 Å². The predicted octanol–water partition coefficient (Wildman–Crippen LogP) is 2.78. The normalized spacial score (nSPS) is 18.2. The van der Waals surface area contributed by atoms with Crippen LogP contribution in [0.15, 0.2) is 24.3 Å². The molecule has 1 aromatic carbocycles. The van der Waals surface area contributed by atoms with Crippen molar-refractivity contribution in [3.63, 3.8) is 0 Å². The van der Waals surface area contributed by atoms with Gasteiger partial charge in [0.1, 0.15) is 5.75 Å². The van der Waals surface area contributed by atoms with Crippen LogP contribution in [-0.4, -0.2) is 7.11 Å². The lowest BCUT2D eigenvalue weighted by molar-refractivity contribution is 0.393. The van der Waals surface area contributed by atoms with Gasteiger partial charge in [-0.25, -0.2) is 0 Å². The second kappa shape index (κ2) is 6.03. The Morgan fingerprint density at radius 3 is 2.82 bits per heavy atom. The van der Waals surface area contributed by atoms with Crippen molar-refractivity contribution in [2.45, 2.75) is 38.1 Å². The molecule has 0 saturated heterocycles. The third-order valence-corrected chi connectivity index (χ3v) is 3.74. The van der Waals surface area contributed by atoms with Crippen LogP contribution >= 0.6 is 0 Å². The molecule has 0 radical (unpaired) electrons. The van der Waals surface area contributed by atoms with Gasteiger partial charge in [0.15, 0.2) is 0 Å². The number of nitrogens with two attached hydrogens (primary N) is 1. The van der Waals surface area contributed by atoms with Crippen molar-refractivity contribution >= 4 is 0 Å². The molecule has 0 bridgehead atoms. The topological polar surface area (TPSA) is 47.3 Å². The van der Waals surface area contributed by atoms with Gasteiger partial charge in [0.25, 0.3) is 0 Å². The molecule has 1 fully saturated rings. The molecule has 0 heterocycles. The largest absolute Gasteiger partial charge is 0.497 e. The molecule has 1 aliphatic carbocycles. The summed E-state index contributed by atoms with van der Waals surface area (Å²) in [6.45, 7) is 0. The quantitative estimate of drug-likeness (QED) is 0.608. The van der Waals surface area contributed by atoms with Crippen molar-refractivity contribution in [2.24, 2.45) is 11.8 Å². The van der Waals surface area contributed by atoms with Gasteiger partial charge in [-0.2, -0.15) is 0 Å². The summed E-state index contributed by atoms with van der Waals surface area (Å²) in [5, 5.41) is 0. The van der Waals surface area contributed by atoms with Crippen LogP contribution in [0.1, 0.15) is 43.7 Å². The Morgan fingerprint density at radius 2 is 2.18 bits per heavy atom. The maximum absolute atomic E-state index is 5.68. The van der Waals surface area contributed by atoms with E-state index in [0.29, 0.717) is 0 Å². The Hall–Kier alpha value is -1.06. The van der Waals surface area contributed by atoms with Gasteiger partial charge in [-0.1, -0.05) is 37.8 Å². The van der Waals surface area contributed by atoms with Crippen LogP contribution in [0.5, 0.6) is 5.75 Å². The predicted molar refractivity (Wildman–Crippen MR) is 69.6 cm³/mol. The van der Waals surface area contributed by atoms with Crippen molar-refractivity contribution in [3.8, 4) is 5.75 Å². The second-order valence-electron chi connectivity index (χ2n) is 4.88. The van der Waals surface area contributed by atoms with E-state index >= 15 is 0 Å². The third kappa shape index (κ3) is 3.20. The molecule has 1 unspecified atom stereocenters. The van der Waals surface area contributed by atoms with Gasteiger partial charge >= 0.3 is 0 Å². The van der Waals surface area contributed by atoms with E-state index < -0.39 is 0 Å². The highest BCUT2D eigenvalue weighted by Gasteiger charge is 2.20. The van der Waals surface area contributed by atoms with Crippen molar-refractivity contribution in [3.05, 3.63) is 29.8 Å². The van der Waals surface area contributed by atoms with Crippen LogP contribution in [0, 0.1) is 5.92 Å². The Bertz CT molecular complexity index is 348. The van der Waals surface area contributed by atoms with Gasteiger partial charge in [0, 0.05) is 6.04 Å². The summed E-state index contributed by atoms with van der Waals surface area (Å²) in [6.07, 6.45) is 6.58. The Morgan fingerprint density at radius 1 is 1.41 bits per heavy atom. The van der Waals surface area contributed by atoms with Gasteiger partial charge in [0.2, 0.25) is 0 Å². The van der Waals surface area contributed by atoms with Crippen LogP contribution in [0.2, 0.25) is 0 Å². The van der Waals surface area contributed by atoms with E-state index in [-0.39, 0.29) is 6.04 Å². The molecule has 1 aromatic rings. The van der Waals surface area contributed by atoms with E-state index in [9.17, 15) is 0 Å². The molecular formula is C14H22N2O. The fraction of sp³-hybridized carbons (Fsp3) is 0.571. The lowest BCUT2D eigenvalue weighted by Gasteiger charge is -2.20. The van der Waals surface area contributed by atoms with E-state index in [1.807, 2.05) is 12.1 Å². The van der Waals surface area contributed by atoms with Gasteiger partial charge < -0.3 is 4.74 Å². The molecule has 3 N–H and O–H groups in total. The molecule has 17 heavy (non-hydrogen) atoms. The zero-order valence-electron chi connectivity index (χ0n) is 10.5. The number of hydrogen-bond acceptors (Lipinski definition) is 3. The smallest absolute Gasteiger partial charge is 0.119 e. The minimum Gasteiger partial charge on any atom is -0.497 e. The average molecular weight is 234 g/mol. The zero-order valence-corrected chi connectivity index (χ0v) is 10.5. The Balaban J connectivity index is 2.04. The number of hydrazine groups is 1. The molecule has 94 valence electrons. The maximum atomic E-state index is 5.68. The number of ether oxygens (including phenoxy) is 1. The molecule has 1 aliphatic rings. The summed E-state index contributed by atoms with van der Waals surface area (Å²) >= 11 is 0. The van der Waals surface area contributed by atoms with Gasteiger partial charge in [-0.3, -0.25) is 11.3 Å². The first-order valence-corrected chi connectivity index (χ1v) is 6.43. The average Bonchev–Trinajstić information content (AvgIpc) is 2.89. The highest BCUT2D eigenvalue weighted by Crippen LogP contribution is 2.33. The molecule has 1 saturated carbocycles. The summed E-state index contributed by atoms with van der Waals surface area (Å²) < 4.78 is 5.25. The standard InChI is InChI=1S/C14H22N2O/c1-17-13-8-4-7-12(10-13)14(16-15)9-11-5-2-3-6-11/h4,7-8,10-11,14,16H,2-3,5-6,9,15H2,1H3. The van der Waals surface area contributed by atoms with Crippen molar-refractivity contribution in [2.75, 3.05) is 7.11 Å². The van der Waals surface area contributed by atoms with Crippen molar-refractivity contribution in [1.82, 2.24) is 5.43 Å². The monoisotopic (exact) mass is 234 g/mol. The number of nitrogens with one attached hydrogen (secondary N) is 1. The molecule has 0 aromatic heterocycles. The summed E-state index contributed by atoms with van der Waals surface area (Å²) in [5.41, 5.74) is 4.16. The van der Waals surface area contributed by atoms with Crippen molar-refractivity contribution < 1.29 is 4.74 Å². The molecule has 0 amide bonds. The minimum absolute atomic E-state index is 0.244. The summed E-state index contributed by atoms with van der Waals surface area (Å²) in [6, 6.07) is 8.41. The first kappa shape index (κ1) is 12.4. The summed E-state index contributed by atoms with van der Waals surface area (Å²) in [4.78, 5) is 0. The van der Waals surface area contributed by atoms with Crippen LogP contribution in [-0.2, 0) is 0 Å². The lowest BCUT2D eigenvalue weighted by atomic mass is 9.94. The van der Waals surface area contributed by atoms with Gasteiger partial charge in [-0.15, -0.1) is 0 Å². The van der Waals surface area contributed by atoms with E-state index in [1.54, 1.807) is 7.11 Å². The maximum Gasteiger partial charge on any atom is 0.119 e. The molecule has 0 spiro atoms.